The van der Waals surface area contributed by atoms with E-state index < -0.39 is 0 Å². The van der Waals surface area contributed by atoms with Crippen LogP contribution in [0.3, 0.4) is 0 Å². The Labute approximate surface area is 153 Å². The third-order valence-electron chi connectivity index (χ3n) is 4.21. The Morgan fingerprint density at radius 3 is 2.54 bits per heavy atom. The number of carbonyl (C=O) groups excluding carboxylic acids is 1. The molecule has 1 aliphatic rings. The second-order valence-electron chi connectivity index (χ2n) is 6.33. The van der Waals surface area contributed by atoms with Gasteiger partial charge in [-0.1, -0.05) is 0 Å². The zero-order valence-corrected chi connectivity index (χ0v) is 15.2. The molecule has 1 aromatic heterocycles. The zero-order valence-electron chi connectivity index (χ0n) is 15.2. The largest absolute Gasteiger partial charge is 0.381 e. The molecule has 1 fully saturated rings. The fourth-order valence-electron chi connectivity index (χ4n) is 2.86. The second kappa shape index (κ2) is 8.62. The van der Waals surface area contributed by atoms with Crippen LogP contribution in [0, 0.1) is 12.8 Å². The Hall–Kier alpha value is -2.67. The van der Waals surface area contributed by atoms with Gasteiger partial charge in [-0.25, -0.2) is 4.98 Å². The Bertz CT molecular complexity index is 742. The van der Waals surface area contributed by atoms with Crippen LogP contribution in [0.1, 0.15) is 25.5 Å². The number of ether oxygens (including phenoxy) is 1. The maximum Gasteiger partial charge on any atom is 0.227 e. The van der Waals surface area contributed by atoms with E-state index in [0.29, 0.717) is 19.2 Å². The summed E-state index contributed by atoms with van der Waals surface area (Å²) < 4.78 is 5.30. The van der Waals surface area contributed by atoms with E-state index in [9.17, 15) is 4.79 Å². The molecule has 26 heavy (non-hydrogen) atoms. The van der Waals surface area contributed by atoms with Crippen LogP contribution in [0.5, 0.6) is 0 Å². The molecule has 3 N–H and O–H groups in total. The van der Waals surface area contributed by atoms with Gasteiger partial charge >= 0.3 is 0 Å². The van der Waals surface area contributed by atoms with Crippen molar-refractivity contribution in [3.05, 3.63) is 36.0 Å². The van der Waals surface area contributed by atoms with Gasteiger partial charge in [0, 0.05) is 48.8 Å². The smallest absolute Gasteiger partial charge is 0.227 e. The lowest BCUT2D eigenvalue weighted by Crippen LogP contribution is -2.28. The molecule has 7 nitrogen and oxygen atoms in total. The highest BCUT2D eigenvalue weighted by Crippen LogP contribution is 2.21. The maximum atomic E-state index is 12.3. The van der Waals surface area contributed by atoms with E-state index in [1.165, 1.54) is 0 Å². The van der Waals surface area contributed by atoms with Crippen molar-refractivity contribution < 1.29 is 9.53 Å². The highest BCUT2D eigenvalue weighted by atomic mass is 16.5. The quantitative estimate of drug-likeness (QED) is 0.737. The van der Waals surface area contributed by atoms with Crippen molar-refractivity contribution in [1.82, 2.24) is 9.97 Å². The van der Waals surface area contributed by atoms with Crippen molar-refractivity contribution in [2.75, 3.05) is 35.7 Å². The number of hydrogen-bond donors (Lipinski definition) is 3. The Morgan fingerprint density at radius 2 is 1.85 bits per heavy atom. The summed E-state index contributed by atoms with van der Waals surface area (Å²) in [6.45, 7) is 6.03. The third-order valence-corrected chi connectivity index (χ3v) is 4.21. The average molecular weight is 355 g/mol. The van der Waals surface area contributed by atoms with E-state index in [1.54, 1.807) is 0 Å². The molecular formula is C19H25N5O2. The number of aromatic nitrogens is 2. The SMILES string of the molecule is CCNc1nc(C)cc(Nc2ccc(NC(=O)C3CCOCC3)cc2)n1. The van der Waals surface area contributed by atoms with E-state index in [1.807, 2.05) is 44.2 Å². The maximum absolute atomic E-state index is 12.3. The lowest BCUT2D eigenvalue weighted by Gasteiger charge is -2.21. The van der Waals surface area contributed by atoms with Crippen LogP contribution < -0.4 is 16.0 Å². The summed E-state index contributed by atoms with van der Waals surface area (Å²) >= 11 is 0. The molecule has 0 saturated carbocycles. The molecule has 0 bridgehead atoms. The first kappa shape index (κ1) is 18.1. The first-order valence-corrected chi connectivity index (χ1v) is 8.99. The number of carbonyl (C=O) groups is 1. The lowest BCUT2D eigenvalue weighted by atomic mass is 9.99. The predicted molar refractivity (Wildman–Crippen MR) is 103 cm³/mol. The van der Waals surface area contributed by atoms with E-state index in [2.05, 4.69) is 25.9 Å². The van der Waals surface area contributed by atoms with Crippen LogP contribution in [0.25, 0.3) is 0 Å². The highest BCUT2D eigenvalue weighted by Gasteiger charge is 2.21. The van der Waals surface area contributed by atoms with Gasteiger partial charge in [0.1, 0.15) is 5.82 Å². The minimum Gasteiger partial charge on any atom is -0.381 e. The highest BCUT2D eigenvalue weighted by molar-refractivity contribution is 5.92. The van der Waals surface area contributed by atoms with Gasteiger partial charge in [-0.2, -0.15) is 4.98 Å². The molecular weight excluding hydrogens is 330 g/mol. The van der Waals surface area contributed by atoms with Gasteiger partial charge < -0.3 is 20.7 Å². The first-order chi connectivity index (χ1) is 12.6. The van der Waals surface area contributed by atoms with Crippen molar-refractivity contribution in [3.8, 4) is 0 Å². The standard InChI is InChI=1S/C19H25N5O2/c1-3-20-19-21-13(2)12-17(24-19)22-15-4-6-16(7-5-15)23-18(25)14-8-10-26-11-9-14/h4-7,12,14H,3,8-11H2,1-2H3,(H,23,25)(H2,20,21,22,24). The molecule has 2 aromatic rings. The van der Waals surface area contributed by atoms with Gasteiger partial charge in [-0.15, -0.1) is 0 Å². The molecule has 3 rings (SSSR count). The van der Waals surface area contributed by atoms with Crippen LogP contribution in [0.4, 0.5) is 23.1 Å². The topological polar surface area (TPSA) is 88.2 Å². The number of rotatable bonds is 6. The minimum absolute atomic E-state index is 0.0371. The Kier molecular flexibility index (Phi) is 6.01. The summed E-state index contributed by atoms with van der Waals surface area (Å²) in [6.07, 6.45) is 1.57. The molecule has 1 amide bonds. The molecule has 7 heteroatoms. The van der Waals surface area contributed by atoms with Crippen LogP contribution in [-0.4, -0.2) is 35.6 Å². The molecule has 2 heterocycles. The van der Waals surface area contributed by atoms with Crippen molar-refractivity contribution >= 4 is 29.0 Å². The number of anilines is 4. The molecule has 138 valence electrons. The summed E-state index contributed by atoms with van der Waals surface area (Å²) in [6, 6.07) is 9.51. The molecule has 1 saturated heterocycles. The first-order valence-electron chi connectivity index (χ1n) is 8.99. The van der Waals surface area contributed by atoms with Crippen molar-refractivity contribution in [2.45, 2.75) is 26.7 Å². The monoisotopic (exact) mass is 355 g/mol. The summed E-state index contributed by atoms with van der Waals surface area (Å²) in [5.74, 6) is 1.44. The van der Waals surface area contributed by atoms with Gasteiger partial charge in [0.15, 0.2) is 0 Å². The lowest BCUT2D eigenvalue weighted by molar-refractivity contribution is -0.122. The van der Waals surface area contributed by atoms with Crippen molar-refractivity contribution in [3.63, 3.8) is 0 Å². The molecule has 1 aliphatic heterocycles. The van der Waals surface area contributed by atoms with Gasteiger partial charge in [-0.3, -0.25) is 4.79 Å². The molecule has 0 aliphatic carbocycles. The van der Waals surface area contributed by atoms with Crippen molar-refractivity contribution in [2.24, 2.45) is 5.92 Å². The van der Waals surface area contributed by atoms with Gasteiger partial charge in [-0.05, 0) is 51.0 Å². The van der Waals surface area contributed by atoms with E-state index >= 15 is 0 Å². The average Bonchev–Trinajstić information content (AvgIpc) is 2.64. The number of benzene rings is 1. The predicted octanol–water partition coefficient (Wildman–Crippen LogP) is 3.33. The van der Waals surface area contributed by atoms with Crippen molar-refractivity contribution in [1.29, 1.82) is 0 Å². The van der Waals surface area contributed by atoms with Crippen LogP contribution >= 0.6 is 0 Å². The number of hydrogen-bond acceptors (Lipinski definition) is 6. The summed E-state index contributed by atoms with van der Waals surface area (Å²) in [4.78, 5) is 21.0. The Balaban J connectivity index is 1.61. The number of nitrogens with one attached hydrogen (secondary N) is 3. The molecule has 1 aromatic carbocycles. The number of aryl methyl sites for hydroxylation is 1. The Morgan fingerprint density at radius 1 is 1.15 bits per heavy atom. The van der Waals surface area contributed by atoms with Gasteiger partial charge in [0.25, 0.3) is 0 Å². The van der Waals surface area contributed by atoms with E-state index in [-0.39, 0.29) is 11.8 Å². The number of nitrogens with zero attached hydrogens (tertiary/aromatic N) is 2. The van der Waals surface area contributed by atoms with Gasteiger partial charge in [0.2, 0.25) is 11.9 Å². The summed E-state index contributed by atoms with van der Waals surface area (Å²) in [7, 11) is 0. The van der Waals surface area contributed by atoms with Crippen LogP contribution in [0.15, 0.2) is 30.3 Å². The normalized spacial score (nSPS) is 14.7. The fraction of sp³-hybridized carbons (Fsp3) is 0.421. The second-order valence-corrected chi connectivity index (χ2v) is 6.33. The molecule has 0 unspecified atom stereocenters. The van der Waals surface area contributed by atoms with Crippen LogP contribution in [-0.2, 0) is 9.53 Å². The number of amides is 1. The molecule has 0 spiro atoms. The summed E-state index contributed by atoms with van der Waals surface area (Å²) in [5, 5.41) is 9.36. The zero-order chi connectivity index (χ0) is 18.4. The minimum atomic E-state index is 0.0371. The summed E-state index contributed by atoms with van der Waals surface area (Å²) in [5.41, 5.74) is 2.58. The van der Waals surface area contributed by atoms with E-state index in [4.69, 9.17) is 4.74 Å². The van der Waals surface area contributed by atoms with Gasteiger partial charge in [0.05, 0.1) is 0 Å². The third kappa shape index (κ3) is 4.92. The molecule has 0 atom stereocenters. The van der Waals surface area contributed by atoms with Crippen LogP contribution in [0.2, 0.25) is 0 Å². The molecule has 0 radical (unpaired) electrons. The van der Waals surface area contributed by atoms with E-state index in [0.717, 1.165) is 42.3 Å². The fourth-order valence-corrected chi connectivity index (χ4v) is 2.86.